The van der Waals surface area contributed by atoms with Gasteiger partial charge in [-0.2, -0.15) is 0 Å². The highest BCUT2D eigenvalue weighted by Crippen LogP contribution is 2.26. The normalized spacial score (nSPS) is 17.9. The number of hydrogen-bond donors (Lipinski definition) is 1. The summed E-state index contributed by atoms with van der Waals surface area (Å²) in [5.41, 5.74) is 3.75. The second-order valence-corrected chi connectivity index (χ2v) is 4.28. The number of hydrogen-bond acceptors (Lipinski definition) is 2. The molecule has 17 heavy (non-hydrogen) atoms. The van der Waals surface area contributed by atoms with Gasteiger partial charge >= 0.3 is 0 Å². The number of nitrogens with zero attached hydrogens (tertiary/aromatic N) is 1. The first kappa shape index (κ1) is 10.4. The molecule has 0 aliphatic carbocycles. The molecule has 0 saturated heterocycles. The monoisotopic (exact) mass is 242 g/mol. The molecule has 0 amide bonds. The van der Waals surface area contributed by atoms with Crippen molar-refractivity contribution >= 4 is 23.0 Å². The van der Waals surface area contributed by atoms with Gasteiger partial charge in [-0.1, -0.05) is 60.1 Å². The first-order valence-electron chi connectivity index (χ1n) is 5.48. The van der Waals surface area contributed by atoms with Crippen LogP contribution >= 0.6 is 11.6 Å². The van der Waals surface area contributed by atoms with E-state index < -0.39 is 5.62 Å². The Morgan fingerprint density at radius 1 is 0.941 bits per heavy atom. The van der Waals surface area contributed by atoms with Crippen LogP contribution in [-0.2, 0) is 0 Å². The first-order valence-corrected chi connectivity index (χ1v) is 5.91. The fourth-order valence-electron chi connectivity index (χ4n) is 1.99. The number of aliphatic imine (C=N–C) groups is 1. The van der Waals surface area contributed by atoms with Crippen molar-refractivity contribution in [1.82, 2.24) is 0 Å². The minimum atomic E-state index is -0.403. The summed E-state index contributed by atoms with van der Waals surface area (Å²) in [5, 5.41) is 3.14. The van der Waals surface area contributed by atoms with E-state index in [1.165, 1.54) is 0 Å². The molecule has 0 spiro atoms. The van der Waals surface area contributed by atoms with Gasteiger partial charge in [0.15, 0.2) is 5.62 Å². The molecule has 0 saturated carbocycles. The quantitative estimate of drug-likeness (QED) is 0.601. The molecule has 3 heteroatoms. The number of nitrogens with one attached hydrogen (secondary N) is 1. The van der Waals surface area contributed by atoms with E-state index in [0.29, 0.717) is 0 Å². The summed E-state index contributed by atoms with van der Waals surface area (Å²) in [6.45, 7) is 0. The molecule has 0 bridgehead atoms. The molecule has 0 fully saturated rings. The van der Waals surface area contributed by atoms with Crippen molar-refractivity contribution in [3.05, 3.63) is 65.7 Å². The van der Waals surface area contributed by atoms with E-state index in [4.69, 9.17) is 11.6 Å². The van der Waals surface area contributed by atoms with E-state index in [-0.39, 0.29) is 0 Å². The zero-order chi connectivity index (χ0) is 11.7. The molecule has 1 aliphatic rings. The minimum Gasteiger partial charge on any atom is -0.351 e. The maximum atomic E-state index is 6.09. The van der Waals surface area contributed by atoms with Gasteiger partial charge in [0.25, 0.3) is 0 Å². The molecule has 0 aromatic heterocycles. The van der Waals surface area contributed by atoms with Crippen LogP contribution < -0.4 is 5.32 Å². The Morgan fingerprint density at radius 2 is 1.65 bits per heavy atom. The van der Waals surface area contributed by atoms with Gasteiger partial charge in [0, 0.05) is 16.8 Å². The highest BCUT2D eigenvalue weighted by molar-refractivity contribution is 6.26. The largest absolute Gasteiger partial charge is 0.351 e. The van der Waals surface area contributed by atoms with Crippen LogP contribution in [0.4, 0.5) is 5.69 Å². The maximum absolute atomic E-state index is 6.09. The summed E-state index contributed by atoms with van der Waals surface area (Å²) in [4.78, 5) is 4.46. The Bertz CT molecular complexity index is 563. The number of halogens is 1. The molecule has 2 aromatic rings. The Labute approximate surface area is 105 Å². The Hall–Kier alpha value is -1.80. The van der Waals surface area contributed by atoms with E-state index in [0.717, 1.165) is 22.5 Å². The van der Waals surface area contributed by atoms with Crippen LogP contribution in [-0.4, -0.2) is 11.3 Å². The zero-order valence-electron chi connectivity index (χ0n) is 9.10. The number of fused-ring (bicyclic) bond motifs is 1. The van der Waals surface area contributed by atoms with Crippen LogP contribution in [0.2, 0.25) is 0 Å². The van der Waals surface area contributed by atoms with Gasteiger partial charge < -0.3 is 5.32 Å². The van der Waals surface area contributed by atoms with Crippen molar-refractivity contribution in [2.75, 3.05) is 5.32 Å². The summed E-state index contributed by atoms with van der Waals surface area (Å²) in [6.07, 6.45) is 0. The fourth-order valence-corrected chi connectivity index (χ4v) is 2.20. The lowest BCUT2D eigenvalue weighted by Crippen LogP contribution is -2.21. The lowest BCUT2D eigenvalue weighted by Gasteiger charge is -2.22. The lowest BCUT2D eigenvalue weighted by atomic mass is 9.99. The van der Waals surface area contributed by atoms with Crippen molar-refractivity contribution < 1.29 is 0 Å². The molecule has 3 rings (SSSR count). The lowest BCUT2D eigenvalue weighted by molar-refractivity contribution is 1.02. The van der Waals surface area contributed by atoms with Gasteiger partial charge in [-0.3, -0.25) is 0 Å². The number of benzene rings is 2. The van der Waals surface area contributed by atoms with Gasteiger partial charge in [-0.15, -0.1) is 0 Å². The third-order valence-electron chi connectivity index (χ3n) is 2.75. The molecule has 84 valence electrons. The predicted octanol–water partition coefficient (Wildman–Crippen LogP) is 3.47. The minimum absolute atomic E-state index is 0.403. The fraction of sp³-hybridized carbons (Fsp3) is 0.0714. The van der Waals surface area contributed by atoms with Crippen LogP contribution in [0.15, 0.2) is 59.6 Å². The van der Waals surface area contributed by atoms with Crippen molar-refractivity contribution in [3.8, 4) is 0 Å². The average Bonchev–Trinajstić information content (AvgIpc) is 2.39. The van der Waals surface area contributed by atoms with Crippen molar-refractivity contribution in [2.24, 2.45) is 4.99 Å². The molecule has 1 atom stereocenters. The van der Waals surface area contributed by atoms with Crippen molar-refractivity contribution in [2.45, 2.75) is 5.62 Å². The first-order chi connectivity index (χ1) is 8.34. The zero-order valence-corrected chi connectivity index (χ0v) is 9.85. The molecule has 2 aromatic carbocycles. The van der Waals surface area contributed by atoms with Gasteiger partial charge in [-0.05, 0) is 6.07 Å². The Kier molecular flexibility index (Phi) is 2.57. The van der Waals surface area contributed by atoms with E-state index in [1.54, 1.807) is 0 Å². The van der Waals surface area contributed by atoms with Gasteiger partial charge in [0.05, 0.1) is 5.71 Å². The number of para-hydroxylation sites is 1. The molecule has 0 radical (unpaired) electrons. The van der Waals surface area contributed by atoms with Crippen LogP contribution in [0.3, 0.4) is 0 Å². The molecular formula is C14H11ClN2. The second kappa shape index (κ2) is 4.22. The topological polar surface area (TPSA) is 24.4 Å². The third-order valence-corrected chi connectivity index (χ3v) is 2.95. The summed E-state index contributed by atoms with van der Waals surface area (Å²) >= 11 is 6.09. The molecule has 1 N–H and O–H groups in total. The van der Waals surface area contributed by atoms with E-state index >= 15 is 0 Å². The summed E-state index contributed by atoms with van der Waals surface area (Å²) < 4.78 is 0. The smallest absolute Gasteiger partial charge is 0.196 e. The highest BCUT2D eigenvalue weighted by Gasteiger charge is 2.18. The second-order valence-electron chi connectivity index (χ2n) is 3.87. The van der Waals surface area contributed by atoms with Gasteiger partial charge in [0.2, 0.25) is 0 Å². The average molecular weight is 243 g/mol. The highest BCUT2D eigenvalue weighted by atomic mass is 35.5. The van der Waals surface area contributed by atoms with Crippen LogP contribution in [0, 0.1) is 0 Å². The van der Waals surface area contributed by atoms with E-state index in [2.05, 4.69) is 16.4 Å². The number of alkyl halides is 1. The predicted molar refractivity (Wildman–Crippen MR) is 71.8 cm³/mol. The van der Waals surface area contributed by atoms with Crippen molar-refractivity contribution in [1.29, 1.82) is 0 Å². The Balaban J connectivity index is 2.16. The number of rotatable bonds is 1. The van der Waals surface area contributed by atoms with Crippen molar-refractivity contribution in [3.63, 3.8) is 0 Å². The summed E-state index contributed by atoms with van der Waals surface area (Å²) in [7, 11) is 0. The van der Waals surface area contributed by atoms with E-state index in [9.17, 15) is 0 Å². The van der Waals surface area contributed by atoms with Crippen LogP contribution in [0.25, 0.3) is 0 Å². The summed E-state index contributed by atoms with van der Waals surface area (Å²) in [5.74, 6) is 0. The molecule has 1 unspecified atom stereocenters. The van der Waals surface area contributed by atoms with Gasteiger partial charge in [0.1, 0.15) is 0 Å². The molecule has 2 nitrogen and oxygen atoms in total. The van der Waals surface area contributed by atoms with Crippen LogP contribution in [0.5, 0.6) is 0 Å². The van der Waals surface area contributed by atoms with E-state index in [1.807, 2.05) is 48.5 Å². The number of anilines is 1. The SMILES string of the molecule is ClC1N=C(c2ccccc2)c2ccccc2N1. The maximum Gasteiger partial charge on any atom is 0.196 e. The summed E-state index contributed by atoms with van der Waals surface area (Å²) in [6, 6.07) is 18.2. The van der Waals surface area contributed by atoms with Crippen LogP contribution in [0.1, 0.15) is 11.1 Å². The molecular weight excluding hydrogens is 232 g/mol. The molecule has 1 aliphatic heterocycles. The standard InChI is InChI=1S/C14H11ClN2/c15-14-16-12-9-5-4-8-11(12)13(17-14)10-6-2-1-3-7-10/h1-9,14,16H. The Morgan fingerprint density at radius 3 is 2.47 bits per heavy atom. The third kappa shape index (κ3) is 1.92. The molecule has 1 heterocycles. The van der Waals surface area contributed by atoms with Gasteiger partial charge in [-0.25, -0.2) is 4.99 Å².